The molecular weight excluding hydrogens is 588 g/mol. The molecule has 258 valence electrons. The van der Waals surface area contributed by atoms with Crippen molar-refractivity contribution in [3.8, 4) is 0 Å². The molecule has 5 aliphatic rings. The second-order valence-corrected chi connectivity index (χ2v) is 16.6. The summed E-state index contributed by atoms with van der Waals surface area (Å²) in [5.41, 5.74) is 4.61. The van der Waals surface area contributed by atoms with E-state index >= 15 is 0 Å². The van der Waals surface area contributed by atoms with Gasteiger partial charge in [0.1, 0.15) is 18.8 Å². The van der Waals surface area contributed by atoms with Crippen molar-refractivity contribution in [3.63, 3.8) is 0 Å². The summed E-state index contributed by atoms with van der Waals surface area (Å²) >= 11 is 0. The Balaban J connectivity index is 1.55. The van der Waals surface area contributed by atoms with Gasteiger partial charge in [-0.05, 0) is 78.4 Å². The van der Waals surface area contributed by atoms with Gasteiger partial charge in [0.2, 0.25) is 5.91 Å². The topological polar surface area (TPSA) is 154 Å². The summed E-state index contributed by atoms with van der Waals surface area (Å²) in [6, 6.07) is 0. The van der Waals surface area contributed by atoms with Crippen molar-refractivity contribution in [2.45, 2.75) is 106 Å². The summed E-state index contributed by atoms with van der Waals surface area (Å²) < 4.78 is 18.4. The summed E-state index contributed by atoms with van der Waals surface area (Å²) in [7, 11) is 0. The van der Waals surface area contributed by atoms with Gasteiger partial charge >= 0.3 is 17.9 Å². The lowest BCUT2D eigenvalue weighted by Gasteiger charge is -2.71. The lowest BCUT2D eigenvalue weighted by molar-refractivity contribution is -0.262. The molecule has 46 heavy (non-hydrogen) atoms. The smallest absolute Gasteiger partial charge is 0.325 e. The molecule has 5 rings (SSSR count). The SMILES string of the molecule is CC(=O)O[C@@H]1C[C@]23COC[C@@](C)([C@@H]2CC[C@H]2C3=CC[C@@]3(C)[C@H](C(=O)O)[C@@](C)([C@H](C)C(C)C)CC[C@]23C)[C@H]1OC(=O)CNC(=O)CN. The van der Waals surface area contributed by atoms with E-state index in [1.807, 2.05) is 0 Å². The third-order valence-electron chi connectivity index (χ3n) is 14.3. The Bertz CT molecular complexity index is 1300. The highest BCUT2D eigenvalue weighted by Gasteiger charge is 2.72. The number of carbonyl (C=O) groups excluding carboxylic acids is 3. The molecule has 4 N–H and O–H groups in total. The molecule has 0 aromatic carbocycles. The average molecular weight is 645 g/mol. The van der Waals surface area contributed by atoms with Gasteiger partial charge in [0, 0.05) is 17.8 Å². The number of hydrogen-bond donors (Lipinski definition) is 3. The maximum atomic E-state index is 13.3. The molecular formula is C36H56N2O8. The van der Waals surface area contributed by atoms with Crippen LogP contribution in [0.4, 0.5) is 0 Å². The van der Waals surface area contributed by atoms with Gasteiger partial charge in [-0.3, -0.25) is 19.2 Å². The number of nitrogens with one attached hydrogen (secondary N) is 1. The largest absolute Gasteiger partial charge is 0.481 e. The molecule has 0 radical (unpaired) electrons. The van der Waals surface area contributed by atoms with Crippen LogP contribution in [0.15, 0.2) is 11.6 Å². The maximum absolute atomic E-state index is 13.3. The normalized spacial score (nSPS) is 43.6. The van der Waals surface area contributed by atoms with Crippen LogP contribution in [-0.4, -0.2) is 67.4 Å². The van der Waals surface area contributed by atoms with Crippen LogP contribution >= 0.6 is 0 Å². The Kier molecular flexibility index (Phi) is 9.02. The molecule has 10 nitrogen and oxygen atoms in total. The highest BCUT2D eigenvalue weighted by molar-refractivity contribution is 5.83. The first-order chi connectivity index (χ1) is 21.4. The fourth-order valence-electron chi connectivity index (χ4n) is 11.5. The molecule has 1 saturated heterocycles. The monoisotopic (exact) mass is 644 g/mol. The minimum atomic E-state index is -0.747. The van der Waals surface area contributed by atoms with Gasteiger partial charge in [0.05, 0.1) is 25.7 Å². The fourth-order valence-corrected chi connectivity index (χ4v) is 11.5. The van der Waals surface area contributed by atoms with Crippen molar-refractivity contribution in [1.82, 2.24) is 5.32 Å². The summed E-state index contributed by atoms with van der Waals surface area (Å²) in [5.74, 6) is -1.79. The number of allylic oxidation sites excluding steroid dienone is 1. The van der Waals surface area contributed by atoms with Crippen LogP contribution in [0.3, 0.4) is 0 Å². The van der Waals surface area contributed by atoms with E-state index in [0.717, 1.165) is 25.7 Å². The van der Waals surface area contributed by atoms with E-state index in [9.17, 15) is 24.3 Å². The molecule has 0 spiro atoms. The molecule has 4 fully saturated rings. The molecule has 10 heteroatoms. The number of aliphatic carboxylic acids is 1. The molecule has 0 aromatic heterocycles. The first-order valence-corrected chi connectivity index (χ1v) is 17.3. The van der Waals surface area contributed by atoms with Crippen molar-refractivity contribution in [3.05, 3.63) is 11.6 Å². The van der Waals surface area contributed by atoms with Crippen LogP contribution in [0.1, 0.15) is 93.9 Å². The molecule has 0 unspecified atom stereocenters. The number of nitrogens with two attached hydrogens (primary N) is 1. The molecule has 4 aliphatic carbocycles. The number of esters is 2. The van der Waals surface area contributed by atoms with Gasteiger partial charge in [-0.2, -0.15) is 0 Å². The van der Waals surface area contributed by atoms with Gasteiger partial charge in [-0.15, -0.1) is 0 Å². The first-order valence-electron chi connectivity index (χ1n) is 17.3. The Morgan fingerprint density at radius 2 is 1.74 bits per heavy atom. The molecule has 0 aromatic rings. The number of amides is 1. The van der Waals surface area contributed by atoms with Gasteiger partial charge in [0.15, 0.2) is 0 Å². The standard InChI is InChI=1S/C36H56N2O8/c1-20(2)21(3)32(5)13-14-34(7)23-9-10-26-33(6)18-44-19-36(26,24(23)11-12-35(34,8)29(32)31(42)43)15-25(45-22(4)39)30(33)46-28(41)17-38-27(40)16-37/h11,20-21,23,25-26,29-30H,9-10,12-19,37H2,1-8H3,(H,38,40)(H,42,43)/t21-,23+,25-,26+,29-,30+,32-,33+,34-,35+,36-/m1/s1. The molecule has 3 saturated carbocycles. The Labute approximate surface area is 273 Å². The number of fused-ring (bicyclic) bond motifs is 3. The summed E-state index contributed by atoms with van der Waals surface area (Å²) in [6.45, 7) is 17.1. The minimum absolute atomic E-state index is 0.109. The minimum Gasteiger partial charge on any atom is -0.481 e. The lowest BCUT2D eigenvalue weighted by Crippen LogP contribution is -2.70. The van der Waals surface area contributed by atoms with Crippen LogP contribution in [0, 0.1) is 56.7 Å². The average Bonchev–Trinajstić information content (AvgIpc) is 2.97. The Hall–Kier alpha value is -2.46. The Morgan fingerprint density at radius 1 is 1.04 bits per heavy atom. The zero-order valence-corrected chi connectivity index (χ0v) is 29.1. The van der Waals surface area contributed by atoms with Crippen LogP contribution in [0.2, 0.25) is 0 Å². The van der Waals surface area contributed by atoms with Crippen molar-refractivity contribution in [2.24, 2.45) is 62.4 Å². The number of carbonyl (C=O) groups is 4. The van der Waals surface area contributed by atoms with Crippen LogP contribution in [0.5, 0.6) is 0 Å². The predicted octanol–water partition coefficient (Wildman–Crippen LogP) is 4.49. The van der Waals surface area contributed by atoms with Gasteiger partial charge in [-0.25, -0.2) is 0 Å². The zero-order valence-electron chi connectivity index (χ0n) is 29.1. The number of carboxylic acids is 1. The van der Waals surface area contributed by atoms with Crippen molar-refractivity contribution < 1.29 is 38.5 Å². The molecule has 1 amide bonds. The summed E-state index contributed by atoms with van der Waals surface area (Å²) in [6.07, 6.45) is 5.62. The van der Waals surface area contributed by atoms with Crippen LogP contribution in [0.25, 0.3) is 0 Å². The lowest BCUT2D eigenvalue weighted by atomic mass is 9.34. The van der Waals surface area contributed by atoms with Crippen LogP contribution in [-0.2, 0) is 33.4 Å². The van der Waals surface area contributed by atoms with Gasteiger partial charge in [0.25, 0.3) is 0 Å². The second kappa shape index (κ2) is 11.9. The molecule has 11 atom stereocenters. The maximum Gasteiger partial charge on any atom is 0.325 e. The number of rotatable bonds is 8. The van der Waals surface area contributed by atoms with E-state index in [1.165, 1.54) is 12.5 Å². The Morgan fingerprint density at radius 3 is 2.35 bits per heavy atom. The van der Waals surface area contributed by atoms with E-state index in [-0.39, 0.29) is 41.7 Å². The highest BCUT2D eigenvalue weighted by Crippen LogP contribution is 2.75. The van der Waals surface area contributed by atoms with Crippen molar-refractivity contribution in [2.75, 3.05) is 26.3 Å². The molecule has 1 heterocycles. The van der Waals surface area contributed by atoms with Crippen molar-refractivity contribution in [1.29, 1.82) is 0 Å². The summed E-state index contributed by atoms with van der Waals surface area (Å²) in [4.78, 5) is 50.5. The highest BCUT2D eigenvalue weighted by atomic mass is 16.6. The zero-order chi connectivity index (χ0) is 34.0. The third kappa shape index (κ3) is 5.03. The first kappa shape index (κ1) is 34.9. The number of hydrogen-bond acceptors (Lipinski definition) is 8. The quantitative estimate of drug-likeness (QED) is 0.256. The van der Waals surface area contributed by atoms with Gasteiger partial charge < -0.3 is 30.4 Å². The van der Waals surface area contributed by atoms with E-state index in [4.69, 9.17) is 19.9 Å². The van der Waals surface area contributed by atoms with E-state index in [1.54, 1.807) is 0 Å². The van der Waals surface area contributed by atoms with Crippen LogP contribution < -0.4 is 11.1 Å². The molecule has 1 aliphatic heterocycles. The predicted molar refractivity (Wildman–Crippen MR) is 171 cm³/mol. The van der Waals surface area contributed by atoms with E-state index < -0.39 is 58.2 Å². The summed E-state index contributed by atoms with van der Waals surface area (Å²) in [5, 5.41) is 13.4. The van der Waals surface area contributed by atoms with Crippen molar-refractivity contribution >= 4 is 23.8 Å². The van der Waals surface area contributed by atoms with E-state index in [2.05, 4.69) is 59.9 Å². The molecule has 2 bridgehead atoms. The van der Waals surface area contributed by atoms with Gasteiger partial charge in [-0.1, -0.05) is 60.1 Å². The fraction of sp³-hybridized carbons (Fsp3) is 0.833. The van der Waals surface area contributed by atoms with E-state index in [0.29, 0.717) is 32.0 Å². The third-order valence-corrected chi connectivity index (χ3v) is 14.3. The number of ether oxygens (including phenoxy) is 3. The second-order valence-electron chi connectivity index (χ2n) is 16.6. The number of carboxylic acid groups (broad SMARTS) is 1.